The van der Waals surface area contributed by atoms with Crippen LogP contribution in [-0.2, 0) is 10.0 Å². The van der Waals surface area contributed by atoms with Gasteiger partial charge in [0.1, 0.15) is 0 Å². The average molecular weight is 333 g/mol. The molecule has 1 aliphatic rings. The van der Waals surface area contributed by atoms with E-state index >= 15 is 0 Å². The number of nitrogens with one attached hydrogen (secondary N) is 1. The van der Waals surface area contributed by atoms with Crippen LogP contribution in [0, 0.1) is 5.92 Å². The Morgan fingerprint density at radius 2 is 2.17 bits per heavy atom. The molecule has 18 heavy (non-hydrogen) atoms. The maximum Gasteiger partial charge on any atom is 0.244 e. The second kappa shape index (κ2) is 5.69. The van der Waals surface area contributed by atoms with Crippen LogP contribution in [0.2, 0.25) is 0 Å². The molecule has 2 rings (SSSR count). The quantitative estimate of drug-likeness (QED) is 0.912. The van der Waals surface area contributed by atoms with Gasteiger partial charge in [-0.25, -0.2) is 8.42 Å². The van der Waals surface area contributed by atoms with Crippen LogP contribution in [0.5, 0.6) is 0 Å². The summed E-state index contributed by atoms with van der Waals surface area (Å²) < 4.78 is 27.2. The number of rotatable bonds is 4. The average Bonchev–Trinajstić information content (AvgIpc) is 2.79. The molecule has 1 atom stereocenters. The standard InChI is InChI=1S/C12H17BrN2O2S/c1-14-8-10-6-7-15(9-10)18(16,17)12-5-3-2-4-11(12)13/h2-5,10,14H,6-9H2,1H3/t10-/m0/s1. The van der Waals surface area contributed by atoms with Crippen LogP contribution in [0.25, 0.3) is 0 Å². The number of hydrogen-bond acceptors (Lipinski definition) is 3. The van der Waals surface area contributed by atoms with Crippen LogP contribution in [0.15, 0.2) is 33.6 Å². The van der Waals surface area contributed by atoms with Gasteiger partial charge in [0.05, 0.1) is 4.90 Å². The molecule has 1 aromatic carbocycles. The van der Waals surface area contributed by atoms with Crippen molar-refractivity contribution in [2.45, 2.75) is 11.3 Å². The van der Waals surface area contributed by atoms with Crippen molar-refractivity contribution in [2.24, 2.45) is 5.92 Å². The Balaban J connectivity index is 2.21. The molecule has 0 amide bonds. The summed E-state index contributed by atoms with van der Waals surface area (Å²) in [7, 11) is -1.47. The minimum Gasteiger partial charge on any atom is -0.319 e. The van der Waals surface area contributed by atoms with Gasteiger partial charge in [0.2, 0.25) is 10.0 Å². The van der Waals surface area contributed by atoms with Crippen LogP contribution < -0.4 is 5.32 Å². The third-order valence-electron chi connectivity index (χ3n) is 3.20. The summed E-state index contributed by atoms with van der Waals surface area (Å²) in [6.45, 7) is 2.07. The van der Waals surface area contributed by atoms with Crippen molar-refractivity contribution in [3.63, 3.8) is 0 Å². The largest absolute Gasteiger partial charge is 0.319 e. The van der Waals surface area contributed by atoms with Crippen molar-refractivity contribution in [1.29, 1.82) is 0 Å². The first-order valence-electron chi connectivity index (χ1n) is 5.95. The molecule has 1 aliphatic heterocycles. The summed E-state index contributed by atoms with van der Waals surface area (Å²) in [5.74, 6) is 0.410. The van der Waals surface area contributed by atoms with E-state index in [0.29, 0.717) is 28.4 Å². The fourth-order valence-electron chi connectivity index (χ4n) is 2.26. The molecule has 0 spiro atoms. The van der Waals surface area contributed by atoms with Crippen LogP contribution in [0.3, 0.4) is 0 Å². The minimum atomic E-state index is -3.36. The second-order valence-corrected chi connectivity index (χ2v) is 7.27. The zero-order valence-corrected chi connectivity index (χ0v) is 12.7. The number of nitrogens with zero attached hydrogens (tertiary/aromatic N) is 1. The molecule has 0 bridgehead atoms. The summed E-state index contributed by atoms with van der Waals surface area (Å²) in [5.41, 5.74) is 0. The van der Waals surface area contributed by atoms with E-state index in [0.717, 1.165) is 13.0 Å². The van der Waals surface area contributed by atoms with Crippen molar-refractivity contribution < 1.29 is 8.42 Å². The van der Waals surface area contributed by atoms with Gasteiger partial charge in [-0.1, -0.05) is 12.1 Å². The van der Waals surface area contributed by atoms with Gasteiger partial charge < -0.3 is 5.32 Å². The fourth-order valence-corrected chi connectivity index (χ4v) is 4.76. The maximum atomic E-state index is 12.5. The zero-order valence-electron chi connectivity index (χ0n) is 10.3. The van der Waals surface area contributed by atoms with Gasteiger partial charge in [-0.3, -0.25) is 0 Å². The Kier molecular flexibility index (Phi) is 4.42. The van der Waals surface area contributed by atoms with Crippen molar-refractivity contribution in [3.05, 3.63) is 28.7 Å². The summed E-state index contributed by atoms with van der Waals surface area (Å²) in [5, 5.41) is 3.10. The number of halogens is 1. The molecule has 0 unspecified atom stereocenters. The Hall–Kier alpha value is -0.430. The minimum absolute atomic E-state index is 0.357. The first-order valence-corrected chi connectivity index (χ1v) is 8.18. The monoisotopic (exact) mass is 332 g/mol. The van der Waals surface area contributed by atoms with Gasteiger partial charge in [0, 0.05) is 17.6 Å². The predicted octanol–water partition coefficient (Wildman–Crippen LogP) is 1.68. The Morgan fingerprint density at radius 1 is 1.44 bits per heavy atom. The lowest BCUT2D eigenvalue weighted by molar-refractivity contribution is 0.451. The van der Waals surface area contributed by atoms with Crippen LogP contribution in [-0.4, -0.2) is 39.4 Å². The van der Waals surface area contributed by atoms with E-state index in [1.807, 2.05) is 13.1 Å². The Morgan fingerprint density at radius 3 is 2.83 bits per heavy atom. The highest BCUT2D eigenvalue weighted by atomic mass is 79.9. The number of sulfonamides is 1. The number of benzene rings is 1. The Labute approximate surface area is 117 Å². The summed E-state index contributed by atoms with van der Waals surface area (Å²) in [4.78, 5) is 0.357. The van der Waals surface area contributed by atoms with Crippen molar-refractivity contribution in [1.82, 2.24) is 9.62 Å². The molecule has 0 aliphatic carbocycles. The first kappa shape index (κ1) is 14.0. The lowest BCUT2D eigenvalue weighted by Crippen LogP contribution is -2.30. The number of hydrogen-bond donors (Lipinski definition) is 1. The second-order valence-electron chi connectivity index (χ2n) is 4.51. The SMILES string of the molecule is CNC[C@@H]1CCN(S(=O)(=O)c2ccccc2Br)C1. The lowest BCUT2D eigenvalue weighted by atomic mass is 10.1. The topological polar surface area (TPSA) is 49.4 Å². The van der Waals surface area contributed by atoms with E-state index in [4.69, 9.17) is 0 Å². The predicted molar refractivity (Wildman–Crippen MR) is 74.9 cm³/mol. The molecule has 1 saturated heterocycles. The molecular weight excluding hydrogens is 316 g/mol. The van der Waals surface area contributed by atoms with Crippen molar-refractivity contribution >= 4 is 26.0 Å². The molecule has 0 radical (unpaired) electrons. The molecule has 1 fully saturated rings. The highest BCUT2D eigenvalue weighted by Crippen LogP contribution is 2.28. The molecule has 1 heterocycles. The van der Waals surface area contributed by atoms with E-state index in [1.165, 1.54) is 0 Å². The van der Waals surface area contributed by atoms with E-state index in [9.17, 15) is 8.42 Å². The zero-order chi connectivity index (χ0) is 13.2. The van der Waals surface area contributed by atoms with E-state index in [2.05, 4.69) is 21.2 Å². The molecule has 0 aromatic heterocycles. The van der Waals surface area contributed by atoms with Crippen LogP contribution >= 0.6 is 15.9 Å². The third kappa shape index (κ3) is 2.77. The van der Waals surface area contributed by atoms with Crippen LogP contribution in [0.1, 0.15) is 6.42 Å². The molecule has 0 saturated carbocycles. The molecule has 100 valence electrons. The van der Waals surface area contributed by atoms with Crippen LogP contribution in [0.4, 0.5) is 0 Å². The fraction of sp³-hybridized carbons (Fsp3) is 0.500. The summed E-state index contributed by atoms with van der Waals surface area (Å²) >= 11 is 3.31. The summed E-state index contributed by atoms with van der Waals surface area (Å²) in [6.07, 6.45) is 0.921. The van der Waals surface area contributed by atoms with E-state index < -0.39 is 10.0 Å². The van der Waals surface area contributed by atoms with Gasteiger partial charge >= 0.3 is 0 Å². The van der Waals surface area contributed by atoms with Crippen molar-refractivity contribution in [3.8, 4) is 0 Å². The highest BCUT2D eigenvalue weighted by Gasteiger charge is 2.32. The van der Waals surface area contributed by atoms with Gasteiger partial charge in [-0.2, -0.15) is 4.31 Å². The maximum absolute atomic E-state index is 12.5. The lowest BCUT2D eigenvalue weighted by Gasteiger charge is -2.17. The van der Waals surface area contributed by atoms with E-state index in [-0.39, 0.29) is 0 Å². The van der Waals surface area contributed by atoms with Gasteiger partial charge in [0.25, 0.3) is 0 Å². The van der Waals surface area contributed by atoms with Gasteiger partial charge in [-0.15, -0.1) is 0 Å². The first-order chi connectivity index (χ1) is 8.55. The smallest absolute Gasteiger partial charge is 0.244 e. The molecule has 6 heteroatoms. The third-order valence-corrected chi connectivity index (χ3v) is 6.07. The molecule has 1 aromatic rings. The highest BCUT2D eigenvalue weighted by molar-refractivity contribution is 9.10. The van der Waals surface area contributed by atoms with Gasteiger partial charge in [0.15, 0.2) is 0 Å². The Bertz CT molecular complexity index is 519. The molecule has 1 N–H and O–H groups in total. The van der Waals surface area contributed by atoms with E-state index in [1.54, 1.807) is 22.5 Å². The summed E-state index contributed by atoms with van der Waals surface area (Å²) in [6, 6.07) is 6.97. The molecule has 4 nitrogen and oxygen atoms in total. The van der Waals surface area contributed by atoms with Crippen molar-refractivity contribution in [2.75, 3.05) is 26.7 Å². The molecular formula is C12H17BrN2O2S. The normalized spacial score (nSPS) is 21.3. The van der Waals surface area contributed by atoms with Gasteiger partial charge in [-0.05, 0) is 54.0 Å².